The number of aromatic nitrogens is 2. The zero-order valence-corrected chi connectivity index (χ0v) is 9.00. The molecule has 1 aromatic heterocycles. The highest BCUT2D eigenvalue weighted by Gasteiger charge is 2.39. The van der Waals surface area contributed by atoms with Crippen LogP contribution >= 0.6 is 11.8 Å². The van der Waals surface area contributed by atoms with E-state index in [1.54, 1.807) is 0 Å². The van der Waals surface area contributed by atoms with E-state index in [0.29, 0.717) is 6.04 Å². The van der Waals surface area contributed by atoms with Crippen molar-refractivity contribution in [3.05, 3.63) is 18.0 Å². The SMILES string of the molecule is Cc1ccnc(N2CC3CC2CS3)n1. The predicted octanol–water partition coefficient (Wildman–Crippen LogP) is 1.48. The van der Waals surface area contributed by atoms with E-state index < -0.39 is 0 Å². The molecule has 2 bridgehead atoms. The lowest BCUT2D eigenvalue weighted by molar-refractivity contribution is 0.736. The third-order valence-electron chi connectivity index (χ3n) is 2.94. The molecule has 2 saturated heterocycles. The van der Waals surface area contributed by atoms with Crippen molar-refractivity contribution in [3.8, 4) is 0 Å². The zero-order valence-electron chi connectivity index (χ0n) is 8.18. The quantitative estimate of drug-likeness (QED) is 0.697. The van der Waals surface area contributed by atoms with Crippen molar-refractivity contribution in [2.45, 2.75) is 24.6 Å². The first-order chi connectivity index (χ1) is 6.83. The normalized spacial score (nSPS) is 29.9. The van der Waals surface area contributed by atoms with Crippen LogP contribution in [-0.2, 0) is 0 Å². The number of hydrogen-bond donors (Lipinski definition) is 0. The Labute approximate surface area is 87.9 Å². The van der Waals surface area contributed by atoms with Crippen molar-refractivity contribution in [2.75, 3.05) is 17.2 Å². The van der Waals surface area contributed by atoms with Gasteiger partial charge in [-0.1, -0.05) is 0 Å². The van der Waals surface area contributed by atoms with Crippen LogP contribution in [-0.4, -0.2) is 33.6 Å². The van der Waals surface area contributed by atoms with Crippen LogP contribution in [0.15, 0.2) is 12.3 Å². The first-order valence-electron chi connectivity index (χ1n) is 5.01. The third kappa shape index (κ3) is 1.29. The molecule has 0 saturated carbocycles. The molecule has 0 aromatic carbocycles. The van der Waals surface area contributed by atoms with Gasteiger partial charge < -0.3 is 4.90 Å². The maximum absolute atomic E-state index is 4.48. The molecular formula is C10H13N3S. The molecule has 3 heterocycles. The van der Waals surface area contributed by atoms with Gasteiger partial charge in [0.25, 0.3) is 0 Å². The van der Waals surface area contributed by atoms with Gasteiger partial charge in [0.2, 0.25) is 5.95 Å². The highest BCUT2D eigenvalue weighted by atomic mass is 32.2. The maximum atomic E-state index is 4.48. The molecular weight excluding hydrogens is 194 g/mol. The fourth-order valence-electron chi connectivity index (χ4n) is 2.22. The Morgan fingerprint density at radius 1 is 1.57 bits per heavy atom. The summed E-state index contributed by atoms with van der Waals surface area (Å²) in [5.74, 6) is 2.18. The molecule has 2 unspecified atom stereocenters. The predicted molar refractivity (Wildman–Crippen MR) is 58.8 cm³/mol. The molecule has 4 heteroatoms. The van der Waals surface area contributed by atoms with Crippen LogP contribution in [0.25, 0.3) is 0 Å². The van der Waals surface area contributed by atoms with Crippen molar-refractivity contribution in [1.82, 2.24) is 9.97 Å². The fourth-order valence-corrected chi connectivity index (χ4v) is 3.65. The van der Waals surface area contributed by atoms with Crippen LogP contribution in [0.3, 0.4) is 0 Å². The number of nitrogens with zero attached hydrogens (tertiary/aromatic N) is 3. The van der Waals surface area contributed by atoms with Gasteiger partial charge in [-0.15, -0.1) is 0 Å². The van der Waals surface area contributed by atoms with Gasteiger partial charge in [-0.3, -0.25) is 0 Å². The lowest BCUT2D eigenvalue weighted by atomic mass is 10.2. The van der Waals surface area contributed by atoms with E-state index in [2.05, 4.69) is 26.6 Å². The number of fused-ring (bicyclic) bond motifs is 2. The molecule has 0 amide bonds. The Kier molecular flexibility index (Phi) is 1.90. The number of hydrogen-bond acceptors (Lipinski definition) is 4. The van der Waals surface area contributed by atoms with Gasteiger partial charge >= 0.3 is 0 Å². The van der Waals surface area contributed by atoms with Crippen LogP contribution in [0, 0.1) is 6.92 Å². The Balaban J connectivity index is 1.89. The highest BCUT2D eigenvalue weighted by molar-refractivity contribution is 8.00. The number of anilines is 1. The second-order valence-electron chi connectivity index (χ2n) is 4.00. The summed E-state index contributed by atoms with van der Waals surface area (Å²) >= 11 is 2.10. The summed E-state index contributed by atoms with van der Waals surface area (Å²) in [7, 11) is 0. The largest absolute Gasteiger partial charge is 0.336 e. The van der Waals surface area contributed by atoms with Crippen molar-refractivity contribution in [2.24, 2.45) is 0 Å². The van der Waals surface area contributed by atoms with Gasteiger partial charge in [-0.2, -0.15) is 11.8 Å². The molecule has 2 aliphatic rings. The summed E-state index contributed by atoms with van der Waals surface area (Å²) in [6, 6.07) is 2.64. The first-order valence-corrected chi connectivity index (χ1v) is 6.06. The minimum absolute atomic E-state index is 0.687. The van der Waals surface area contributed by atoms with Gasteiger partial charge in [-0.25, -0.2) is 9.97 Å². The fraction of sp³-hybridized carbons (Fsp3) is 0.600. The van der Waals surface area contributed by atoms with Gasteiger partial charge in [0.1, 0.15) is 0 Å². The van der Waals surface area contributed by atoms with Gasteiger partial charge in [-0.05, 0) is 19.4 Å². The van der Waals surface area contributed by atoms with E-state index in [1.807, 2.05) is 19.2 Å². The molecule has 2 fully saturated rings. The van der Waals surface area contributed by atoms with Gasteiger partial charge in [0.15, 0.2) is 0 Å². The van der Waals surface area contributed by atoms with Gasteiger partial charge in [0, 0.05) is 35.5 Å². The minimum atomic E-state index is 0.687. The highest BCUT2D eigenvalue weighted by Crippen LogP contribution is 2.38. The molecule has 2 aliphatic heterocycles. The Morgan fingerprint density at radius 3 is 3.14 bits per heavy atom. The van der Waals surface area contributed by atoms with Crippen molar-refractivity contribution in [3.63, 3.8) is 0 Å². The standard InChI is InChI=1S/C10H13N3S/c1-7-2-3-11-10(12-7)13-5-9-4-8(13)6-14-9/h2-3,8-9H,4-6H2,1H3. The third-order valence-corrected chi connectivity index (χ3v) is 4.33. The van der Waals surface area contributed by atoms with E-state index in [4.69, 9.17) is 0 Å². The average Bonchev–Trinajstić information content (AvgIpc) is 2.78. The molecule has 74 valence electrons. The number of aryl methyl sites for hydroxylation is 1. The Morgan fingerprint density at radius 2 is 2.50 bits per heavy atom. The molecule has 0 N–H and O–H groups in total. The molecule has 1 aromatic rings. The van der Waals surface area contributed by atoms with Crippen LogP contribution < -0.4 is 4.90 Å². The smallest absolute Gasteiger partial charge is 0.225 e. The molecule has 3 nitrogen and oxygen atoms in total. The zero-order chi connectivity index (χ0) is 9.54. The maximum Gasteiger partial charge on any atom is 0.225 e. The lowest BCUT2D eigenvalue weighted by Crippen LogP contribution is -2.35. The molecule has 14 heavy (non-hydrogen) atoms. The summed E-state index contributed by atoms with van der Waals surface area (Å²) in [6.07, 6.45) is 3.18. The first kappa shape index (κ1) is 8.53. The van der Waals surface area contributed by atoms with E-state index in [1.165, 1.54) is 12.2 Å². The van der Waals surface area contributed by atoms with Crippen molar-refractivity contribution in [1.29, 1.82) is 0 Å². The van der Waals surface area contributed by atoms with Gasteiger partial charge in [0.05, 0.1) is 0 Å². The summed E-state index contributed by atoms with van der Waals surface area (Å²) in [4.78, 5) is 11.2. The van der Waals surface area contributed by atoms with E-state index in [-0.39, 0.29) is 0 Å². The molecule has 0 radical (unpaired) electrons. The molecule has 2 atom stereocenters. The van der Waals surface area contributed by atoms with Crippen LogP contribution in [0.5, 0.6) is 0 Å². The Hall–Kier alpha value is -0.770. The van der Waals surface area contributed by atoms with Crippen molar-refractivity contribution < 1.29 is 0 Å². The average molecular weight is 207 g/mol. The van der Waals surface area contributed by atoms with E-state index in [9.17, 15) is 0 Å². The number of rotatable bonds is 1. The van der Waals surface area contributed by atoms with E-state index in [0.717, 1.165) is 23.4 Å². The monoisotopic (exact) mass is 207 g/mol. The van der Waals surface area contributed by atoms with Crippen LogP contribution in [0.4, 0.5) is 5.95 Å². The summed E-state index contributed by atoms with van der Waals surface area (Å²) in [6.45, 7) is 3.16. The number of thioether (sulfide) groups is 1. The van der Waals surface area contributed by atoms with E-state index >= 15 is 0 Å². The second-order valence-corrected chi connectivity index (χ2v) is 5.33. The van der Waals surface area contributed by atoms with Crippen molar-refractivity contribution >= 4 is 17.7 Å². The lowest BCUT2D eigenvalue weighted by Gasteiger charge is -2.26. The summed E-state index contributed by atoms with van der Waals surface area (Å²) in [5.41, 5.74) is 1.06. The molecule has 0 aliphatic carbocycles. The van der Waals surface area contributed by atoms with Crippen LogP contribution in [0.1, 0.15) is 12.1 Å². The topological polar surface area (TPSA) is 29.0 Å². The Bertz CT molecular complexity index is 355. The molecule has 3 rings (SSSR count). The summed E-state index contributed by atoms with van der Waals surface area (Å²) in [5, 5.41) is 0.823. The van der Waals surface area contributed by atoms with Crippen LogP contribution in [0.2, 0.25) is 0 Å². The minimum Gasteiger partial charge on any atom is -0.336 e. The summed E-state index contributed by atoms with van der Waals surface area (Å²) < 4.78 is 0. The molecule has 0 spiro atoms. The second kappa shape index (κ2) is 3.12.